The van der Waals surface area contributed by atoms with Crippen molar-refractivity contribution in [2.45, 2.75) is 38.7 Å². The normalized spacial score (nSPS) is 22.9. The number of rotatable bonds is 2. The molecule has 1 unspecified atom stereocenters. The Bertz CT molecular complexity index is 704. The molecule has 0 spiro atoms. The summed E-state index contributed by atoms with van der Waals surface area (Å²) in [4.78, 5) is 7.30. The molecule has 3 nitrogen and oxygen atoms in total. The van der Waals surface area contributed by atoms with Crippen LogP contribution < -0.4 is 4.90 Å². The van der Waals surface area contributed by atoms with Crippen molar-refractivity contribution in [2.75, 3.05) is 24.6 Å². The third-order valence-corrected chi connectivity index (χ3v) is 5.67. The van der Waals surface area contributed by atoms with Gasteiger partial charge in [-0.15, -0.1) is 0 Å². The molecule has 0 bridgehead atoms. The molecule has 4 rings (SSSR count). The highest BCUT2D eigenvalue weighted by Crippen LogP contribution is 2.32. The number of aromatic nitrogens is 1. The molecule has 0 radical (unpaired) electrons. The average molecular weight is 331 g/mol. The molecule has 2 aliphatic heterocycles. The van der Waals surface area contributed by atoms with Gasteiger partial charge in [0.2, 0.25) is 0 Å². The minimum absolute atomic E-state index is 0.503. The predicted octanol–water partition coefficient (Wildman–Crippen LogP) is 4.59. The summed E-state index contributed by atoms with van der Waals surface area (Å²) in [7, 11) is 0. The van der Waals surface area contributed by atoms with Gasteiger partial charge < -0.3 is 9.64 Å². The number of piperidine rings is 1. The minimum atomic E-state index is 0.503. The van der Waals surface area contributed by atoms with Crippen molar-refractivity contribution in [2.24, 2.45) is 5.92 Å². The molecule has 0 aliphatic carbocycles. The van der Waals surface area contributed by atoms with Crippen molar-refractivity contribution in [1.29, 1.82) is 0 Å². The maximum absolute atomic E-state index is 6.29. The van der Waals surface area contributed by atoms with Crippen LogP contribution in [0.4, 0.5) is 5.82 Å². The number of hydrogen-bond acceptors (Lipinski definition) is 3. The van der Waals surface area contributed by atoms with Crippen molar-refractivity contribution >= 4 is 28.3 Å². The molecule has 1 aromatic carbocycles. The van der Waals surface area contributed by atoms with Crippen LogP contribution in [0.1, 0.15) is 31.2 Å². The zero-order chi connectivity index (χ0) is 15.8. The Hall–Kier alpha value is -1.32. The molecule has 2 aromatic rings. The lowest BCUT2D eigenvalue weighted by Crippen LogP contribution is -2.38. The quantitative estimate of drug-likeness (QED) is 0.805. The molecule has 4 heteroatoms. The molecule has 1 atom stereocenters. The Morgan fingerprint density at radius 2 is 1.96 bits per heavy atom. The van der Waals surface area contributed by atoms with E-state index in [2.05, 4.69) is 24.0 Å². The van der Waals surface area contributed by atoms with Crippen LogP contribution >= 0.6 is 11.6 Å². The van der Waals surface area contributed by atoms with Gasteiger partial charge in [-0.2, -0.15) is 0 Å². The highest BCUT2D eigenvalue weighted by molar-refractivity contribution is 6.35. The summed E-state index contributed by atoms with van der Waals surface area (Å²) in [5.74, 6) is 1.80. The molecule has 1 aromatic heterocycles. The molecule has 3 heterocycles. The van der Waals surface area contributed by atoms with Crippen molar-refractivity contribution in [1.82, 2.24) is 4.98 Å². The summed E-state index contributed by atoms with van der Waals surface area (Å²) >= 11 is 6.29. The largest absolute Gasteiger partial charge is 0.378 e. The number of pyridine rings is 1. The Labute approximate surface area is 142 Å². The van der Waals surface area contributed by atoms with Crippen LogP contribution in [0.2, 0.25) is 5.02 Å². The zero-order valence-corrected chi connectivity index (χ0v) is 14.4. The van der Waals surface area contributed by atoms with E-state index < -0.39 is 0 Å². The lowest BCUT2D eigenvalue weighted by molar-refractivity contribution is 0.0531. The first-order chi connectivity index (χ1) is 11.2. The van der Waals surface area contributed by atoms with E-state index in [0.29, 0.717) is 6.10 Å². The van der Waals surface area contributed by atoms with Crippen molar-refractivity contribution in [3.05, 3.63) is 34.9 Å². The van der Waals surface area contributed by atoms with Gasteiger partial charge in [0.15, 0.2) is 0 Å². The number of fused-ring (bicyclic) bond motifs is 1. The van der Waals surface area contributed by atoms with E-state index in [1.807, 2.05) is 12.1 Å². The lowest BCUT2D eigenvalue weighted by Gasteiger charge is -2.35. The number of nitrogens with zero attached hydrogens (tertiary/aromatic N) is 2. The fourth-order valence-electron chi connectivity index (χ4n) is 3.96. The number of aryl methyl sites for hydroxylation is 1. The van der Waals surface area contributed by atoms with E-state index in [-0.39, 0.29) is 0 Å². The number of anilines is 1. The second kappa shape index (κ2) is 6.29. The summed E-state index contributed by atoms with van der Waals surface area (Å²) in [6, 6.07) is 8.22. The molecule has 2 saturated heterocycles. The third kappa shape index (κ3) is 2.92. The van der Waals surface area contributed by atoms with Crippen LogP contribution in [-0.4, -0.2) is 30.8 Å². The summed E-state index contributed by atoms with van der Waals surface area (Å²) in [5.41, 5.74) is 2.21. The standard InChI is InChI=1S/C19H23ClN2O/c1-13-4-6-16(20)15-5-7-18(21-19(13)15)22-10-8-14(9-11-22)17-3-2-12-23-17/h4-7,14,17H,2-3,8-12H2,1H3. The molecule has 23 heavy (non-hydrogen) atoms. The van der Waals surface area contributed by atoms with Gasteiger partial charge in [-0.25, -0.2) is 4.98 Å². The van der Waals surface area contributed by atoms with Gasteiger partial charge in [0.25, 0.3) is 0 Å². The van der Waals surface area contributed by atoms with E-state index in [1.165, 1.54) is 31.2 Å². The van der Waals surface area contributed by atoms with Crippen LogP contribution in [-0.2, 0) is 4.74 Å². The number of halogens is 1. The number of hydrogen-bond donors (Lipinski definition) is 0. The second-order valence-corrected chi connectivity index (χ2v) is 7.21. The first-order valence-electron chi connectivity index (χ1n) is 8.65. The Kier molecular flexibility index (Phi) is 4.16. The fraction of sp³-hybridized carbons (Fsp3) is 0.526. The van der Waals surface area contributed by atoms with Gasteiger partial charge in [0.05, 0.1) is 11.6 Å². The Balaban J connectivity index is 1.52. The van der Waals surface area contributed by atoms with E-state index in [4.69, 9.17) is 21.3 Å². The van der Waals surface area contributed by atoms with E-state index in [0.717, 1.165) is 47.4 Å². The van der Waals surface area contributed by atoms with Crippen LogP contribution in [0.25, 0.3) is 10.9 Å². The van der Waals surface area contributed by atoms with E-state index in [9.17, 15) is 0 Å². The van der Waals surface area contributed by atoms with Gasteiger partial charge in [0.1, 0.15) is 5.82 Å². The van der Waals surface area contributed by atoms with Gasteiger partial charge in [-0.1, -0.05) is 17.7 Å². The van der Waals surface area contributed by atoms with E-state index >= 15 is 0 Å². The number of benzene rings is 1. The molecule has 2 aliphatic rings. The van der Waals surface area contributed by atoms with Gasteiger partial charge in [0, 0.05) is 30.1 Å². The average Bonchev–Trinajstić information content (AvgIpc) is 3.13. The molecule has 122 valence electrons. The number of ether oxygens (including phenoxy) is 1. The smallest absolute Gasteiger partial charge is 0.129 e. The van der Waals surface area contributed by atoms with Crippen molar-refractivity contribution in [3.8, 4) is 0 Å². The van der Waals surface area contributed by atoms with Gasteiger partial charge in [-0.05, 0) is 62.3 Å². The topological polar surface area (TPSA) is 25.4 Å². The van der Waals surface area contributed by atoms with Crippen LogP contribution in [0.15, 0.2) is 24.3 Å². The van der Waals surface area contributed by atoms with Crippen LogP contribution in [0.5, 0.6) is 0 Å². The fourth-order valence-corrected chi connectivity index (χ4v) is 4.18. The van der Waals surface area contributed by atoms with E-state index in [1.54, 1.807) is 0 Å². The SMILES string of the molecule is Cc1ccc(Cl)c2ccc(N3CCC(C4CCCO4)CC3)nc12. The summed E-state index contributed by atoms with van der Waals surface area (Å²) in [6.45, 7) is 5.20. The molecular formula is C19H23ClN2O. The lowest BCUT2D eigenvalue weighted by atomic mass is 9.90. The summed E-state index contributed by atoms with van der Waals surface area (Å²) < 4.78 is 5.87. The summed E-state index contributed by atoms with van der Waals surface area (Å²) in [5, 5.41) is 1.83. The Morgan fingerprint density at radius 1 is 1.13 bits per heavy atom. The van der Waals surface area contributed by atoms with Crippen molar-refractivity contribution in [3.63, 3.8) is 0 Å². The molecular weight excluding hydrogens is 308 g/mol. The maximum Gasteiger partial charge on any atom is 0.129 e. The molecule has 2 fully saturated rings. The molecule has 0 saturated carbocycles. The third-order valence-electron chi connectivity index (χ3n) is 5.35. The summed E-state index contributed by atoms with van der Waals surface area (Å²) in [6.07, 6.45) is 5.40. The molecule has 0 N–H and O–H groups in total. The van der Waals surface area contributed by atoms with Gasteiger partial charge >= 0.3 is 0 Å². The Morgan fingerprint density at radius 3 is 2.70 bits per heavy atom. The zero-order valence-electron chi connectivity index (χ0n) is 13.6. The predicted molar refractivity (Wildman–Crippen MR) is 95.4 cm³/mol. The van der Waals surface area contributed by atoms with Gasteiger partial charge in [-0.3, -0.25) is 0 Å². The van der Waals surface area contributed by atoms with Crippen LogP contribution in [0.3, 0.4) is 0 Å². The second-order valence-electron chi connectivity index (χ2n) is 6.81. The first-order valence-corrected chi connectivity index (χ1v) is 9.02. The van der Waals surface area contributed by atoms with Crippen molar-refractivity contribution < 1.29 is 4.74 Å². The monoisotopic (exact) mass is 330 g/mol. The first kappa shape index (κ1) is 15.2. The minimum Gasteiger partial charge on any atom is -0.378 e. The maximum atomic E-state index is 6.29. The highest BCUT2D eigenvalue weighted by atomic mass is 35.5. The molecule has 0 amide bonds. The van der Waals surface area contributed by atoms with Crippen LogP contribution in [0, 0.1) is 12.8 Å². The highest BCUT2D eigenvalue weighted by Gasteiger charge is 2.29.